The Bertz CT molecular complexity index is 682. The van der Waals surface area contributed by atoms with Crippen molar-refractivity contribution in [3.05, 3.63) is 30.1 Å². The van der Waals surface area contributed by atoms with Gasteiger partial charge in [0.15, 0.2) is 17.2 Å². The van der Waals surface area contributed by atoms with Crippen LogP contribution >= 0.6 is 0 Å². The third-order valence-corrected chi connectivity index (χ3v) is 2.59. The number of benzene rings is 1. The highest BCUT2D eigenvalue weighted by Gasteiger charge is 2.14. The fourth-order valence-electron chi connectivity index (χ4n) is 1.62. The second-order valence-electron chi connectivity index (χ2n) is 3.91. The number of nitriles is 1. The van der Waals surface area contributed by atoms with Crippen LogP contribution in [0.5, 0.6) is 23.3 Å². The normalized spacial score (nSPS) is 9.76. The molecule has 0 fully saturated rings. The van der Waals surface area contributed by atoms with Gasteiger partial charge in [-0.2, -0.15) is 15.2 Å². The summed E-state index contributed by atoms with van der Waals surface area (Å²) in [6.07, 6.45) is 1.30. The molecule has 2 N–H and O–H groups in total. The Hall–Kier alpha value is -3.01. The zero-order valence-corrected chi connectivity index (χ0v) is 11.7. The first kappa shape index (κ1) is 14.4. The summed E-state index contributed by atoms with van der Waals surface area (Å²) in [4.78, 5) is 7.90. The number of hydrogen-bond acceptors (Lipinski definition) is 7. The van der Waals surface area contributed by atoms with Crippen LogP contribution in [-0.4, -0.2) is 23.7 Å². The molecule has 7 heteroatoms. The third kappa shape index (κ3) is 3.12. The van der Waals surface area contributed by atoms with Gasteiger partial charge in [0.25, 0.3) is 0 Å². The number of nitrogen functional groups attached to an aromatic ring is 1. The average molecular weight is 286 g/mol. The van der Waals surface area contributed by atoms with Crippen LogP contribution in [0.2, 0.25) is 0 Å². The van der Waals surface area contributed by atoms with Gasteiger partial charge in [0.2, 0.25) is 11.8 Å². The van der Waals surface area contributed by atoms with E-state index in [0.29, 0.717) is 23.7 Å². The molecule has 2 rings (SSSR count). The zero-order chi connectivity index (χ0) is 15.2. The number of nitrogens with zero attached hydrogens (tertiary/aromatic N) is 3. The van der Waals surface area contributed by atoms with Crippen molar-refractivity contribution < 1.29 is 14.2 Å². The Morgan fingerprint density at radius 1 is 1.24 bits per heavy atom. The molecule has 0 unspecified atom stereocenters. The average Bonchev–Trinajstić information content (AvgIpc) is 2.51. The van der Waals surface area contributed by atoms with Gasteiger partial charge in [-0.1, -0.05) is 0 Å². The lowest BCUT2D eigenvalue weighted by atomic mass is 10.2. The van der Waals surface area contributed by atoms with Crippen molar-refractivity contribution in [3.63, 3.8) is 0 Å². The summed E-state index contributed by atoms with van der Waals surface area (Å²) in [5.74, 6) is 1.22. The van der Waals surface area contributed by atoms with Gasteiger partial charge in [0, 0.05) is 6.07 Å². The molecule has 0 bridgehead atoms. The SMILES string of the molecule is CCOc1ncnc(Oc2ccc(C#N)cc2OC)c1N. The van der Waals surface area contributed by atoms with Crippen molar-refractivity contribution in [1.29, 1.82) is 5.26 Å². The number of anilines is 1. The van der Waals surface area contributed by atoms with Crippen molar-refractivity contribution in [2.45, 2.75) is 6.92 Å². The van der Waals surface area contributed by atoms with Gasteiger partial charge in [-0.05, 0) is 19.1 Å². The van der Waals surface area contributed by atoms with Gasteiger partial charge < -0.3 is 19.9 Å². The van der Waals surface area contributed by atoms with E-state index in [1.807, 2.05) is 13.0 Å². The van der Waals surface area contributed by atoms with E-state index in [2.05, 4.69) is 9.97 Å². The molecule has 0 aliphatic rings. The second-order valence-corrected chi connectivity index (χ2v) is 3.91. The van der Waals surface area contributed by atoms with E-state index in [4.69, 9.17) is 25.2 Å². The fraction of sp³-hybridized carbons (Fsp3) is 0.214. The molecule has 108 valence electrons. The predicted octanol–water partition coefficient (Wildman–Crippen LogP) is 2.13. The van der Waals surface area contributed by atoms with Crippen LogP contribution in [0.3, 0.4) is 0 Å². The lowest BCUT2D eigenvalue weighted by Crippen LogP contribution is -2.03. The smallest absolute Gasteiger partial charge is 0.250 e. The minimum atomic E-state index is 0.163. The van der Waals surface area contributed by atoms with E-state index in [1.54, 1.807) is 18.2 Å². The largest absolute Gasteiger partial charge is 0.493 e. The van der Waals surface area contributed by atoms with E-state index in [1.165, 1.54) is 13.4 Å². The Balaban J connectivity index is 2.34. The maximum atomic E-state index is 8.87. The van der Waals surface area contributed by atoms with Gasteiger partial charge in [0.05, 0.1) is 25.3 Å². The molecule has 21 heavy (non-hydrogen) atoms. The molecule has 1 aromatic heterocycles. The standard InChI is InChI=1S/C14H14N4O3/c1-3-20-13-12(16)14(18-8-17-13)21-10-5-4-9(7-15)6-11(10)19-2/h4-6,8H,3,16H2,1-2H3. The summed E-state index contributed by atoms with van der Waals surface area (Å²) in [5, 5.41) is 8.87. The van der Waals surface area contributed by atoms with Crippen LogP contribution in [-0.2, 0) is 0 Å². The Labute approximate surface area is 121 Å². The van der Waals surface area contributed by atoms with Gasteiger partial charge in [-0.15, -0.1) is 0 Å². The van der Waals surface area contributed by atoms with Gasteiger partial charge in [-0.3, -0.25) is 0 Å². The summed E-state index contributed by atoms with van der Waals surface area (Å²) in [6.45, 7) is 2.26. The molecular weight excluding hydrogens is 272 g/mol. The molecule has 1 heterocycles. The number of aromatic nitrogens is 2. The Kier molecular flexibility index (Phi) is 4.41. The highest BCUT2D eigenvalue weighted by atomic mass is 16.5. The van der Waals surface area contributed by atoms with E-state index < -0.39 is 0 Å². The summed E-state index contributed by atoms with van der Waals surface area (Å²) in [7, 11) is 1.48. The maximum Gasteiger partial charge on any atom is 0.250 e. The number of nitrogens with two attached hydrogens (primary N) is 1. The van der Waals surface area contributed by atoms with Crippen molar-refractivity contribution in [2.24, 2.45) is 0 Å². The third-order valence-electron chi connectivity index (χ3n) is 2.59. The first-order valence-corrected chi connectivity index (χ1v) is 6.18. The zero-order valence-electron chi connectivity index (χ0n) is 11.7. The molecule has 0 aliphatic carbocycles. The fourth-order valence-corrected chi connectivity index (χ4v) is 1.62. The quantitative estimate of drug-likeness (QED) is 0.897. The van der Waals surface area contributed by atoms with Crippen LogP contribution in [0, 0.1) is 11.3 Å². The second kappa shape index (κ2) is 6.43. The number of ether oxygens (including phenoxy) is 3. The van der Waals surface area contributed by atoms with Gasteiger partial charge >= 0.3 is 0 Å². The van der Waals surface area contributed by atoms with Crippen LogP contribution in [0.4, 0.5) is 5.69 Å². The number of hydrogen-bond donors (Lipinski definition) is 1. The lowest BCUT2D eigenvalue weighted by Gasteiger charge is -2.12. The molecule has 0 saturated carbocycles. The van der Waals surface area contributed by atoms with Crippen molar-refractivity contribution in [2.75, 3.05) is 19.5 Å². The minimum absolute atomic E-state index is 0.163. The van der Waals surface area contributed by atoms with Gasteiger partial charge in [-0.25, -0.2) is 0 Å². The van der Waals surface area contributed by atoms with Crippen LogP contribution in [0.25, 0.3) is 0 Å². The molecule has 0 radical (unpaired) electrons. The molecule has 7 nitrogen and oxygen atoms in total. The number of methoxy groups -OCH3 is 1. The van der Waals surface area contributed by atoms with E-state index in [-0.39, 0.29) is 17.4 Å². The first-order chi connectivity index (χ1) is 10.2. The summed E-state index contributed by atoms with van der Waals surface area (Å²) in [6, 6.07) is 6.81. The molecule has 0 aliphatic heterocycles. The van der Waals surface area contributed by atoms with Crippen molar-refractivity contribution in [3.8, 4) is 29.3 Å². The molecular formula is C14H14N4O3. The highest BCUT2D eigenvalue weighted by Crippen LogP contribution is 2.35. The molecule has 0 spiro atoms. The Morgan fingerprint density at radius 3 is 2.67 bits per heavy atom. The molecule has 0 atom stereocenters. The van der Waals surface area contributed by atoms with E-state index in [0.717, 1.165) is 0 Å². The maximum absolute atomic E-state index is 8.87. The monoisotopic (exact) mass is 286 g/mol. The summed E-state index contributed by atoms with van der Waals surface area (Å²) < 4.78 is 16.1. The molecule has 2 aromatic rings. The van der Waals surface area contributed by atoms with Crippen LogP contribution in [0.1, 0.15) is 12.5 Å². The lowest BCUT2D eigenvalue weighted by molar-refractivity contribution is 0.324. The summed E-state index contributed by atoms with van der Waals surface area (Å²) in [5.41, 5.74) is 6.56. The molecule has 0 amide bonds. The van der Waals surface area contributed by atoms with E-state index >= 15 is 0 Å². The van der Waals surface area contributed by atoms with E-state index in [9.17, 15) is 0 Å². The van der Waals surface area contributed by atoms with Crippen molar-refractivity contribution >= 4 is 5.69 Å². The Morgan fingerprint density at radius 2 is 2.00 bits per heavy atom. The topological polar surface area (TPSA) is 103 Å². The molecule has 1 aromatic carbocycles. The highest BCUT2D eigenvalue weighted by molar-refractivity contribution is 5.58. The molecule has 0 saturated heterocycles. The minimum Gasteiger partial charge on any atom is -0.493 e. The summed E-state index contributed by atoms with van der Waals surface area (Å²) >= 11 is 0. The number of rotatable bonds is 5. The van der Waals surface area contributed by atoms with Crippen molar-refractivity contribution in [1.82, 2.24) is 9.97 Å². The first-order valence-electron chi connectivity index (χ1n) is 6.18. The van der Waals surface area contributed by atoms with Crippen LogP contribution in [0.15, 0.2) is 24.5 Å². The van der Waals surface area contributed by atoms with Gasteiger partial charge in [0.1, 0.15) is 6.33 Å². The van der Waals surface area contributed by atoms with Crippen LogP contribution < -0.4 is 19.9 Å². The predicted molar refractivity (Wildman–Crippen MR) is 75.4 cm³/mol.